The number of nitrogens with zero attached hydrogens (tertiary/aromatic N) is 2. The Kier molecular flexibility index (Phi) is 7.21. The summed E-state index contributed by atoms with van der Waals surface area (Å²) in [5.41, 5.74) is -0.319. The Balaban J connectivity index is 2.07. The maximum Gasteiger partial charge on any atom is 0.416 e. The molecule has 11 heteroatoms. The number of urea groups is 1. The second-order valence-electron chi connectivity index (χ2n) is 6.16. The van der Waals surface area contributed by atoms with E-state index in [1.165, 1.54) is 29.9 Å². The number of anilines is 1. The van der Waals surface area contributed by atoms with Gasteiger partial charge in [-0.1, -0.05) is 12.1 Å². The predicted octanol–water partition coefficient (Wildman–Crippen LogP) is 2.78. The number of ether oxygens (including phenoxy) is 1. The van der Waals surface area contributed by atoms with Gasteiger partial charge in [0, 0.05) is 6.54 Å². The molecule has 2 amide bonds. The molecule has 0 aliphatic carbocycles. The van der Waals surface area contributed by atoms with Crippen LogP contribution < -0.4 is 10.6 Å². The average molecular weight is 414 g/mol. The molecule has 0 aliphatic heterocycles. The van der Waals surface area contributed by atoms with Gasteiger partial charge in [0.05, 0.1) is 31.0 Å². The number of carbonyl (C=O) groups excluding carboxylic acids is 2. The van der Waals surface area contributed by atoms with Crippen LogP contribution in [0, 0.1) is 0 Å². The van der Waals surface area contributed by atoms with Crippen LogP contribution in [0.25, 0.3) is 0 Å². The molecule has 1 heterocycles. The molecular formula is C18H21F3N4O4. The first-order valence-electron chi connectivity index (χ1n) is 8.73. The maximum atomic E-state index is 12.6. The largest absolute Gasteiger partial charge is 0.462 e. The van der Waals surface area contributed by atoms with Gasteiger partial charge in [0.2, 0.25) is 0 Å². The SMILES string of the molecule is CCOC(=O)c1cnn(CC(C)O)c1NC(=O)NCc1ccc(C(F)(F)F)cc1. The number of alkyl halides is 3. The van der Waals surface area contributed by atoms with E-state index >= 15 is 0 Å². The minimum Gasteiger partial charge on any atom is -0.462 e. The van der Waals surface area contributed by atoms with Crippen LogP contribution in [-0.2, 0) is 24.0 Å². The molecule has 1 aromatic carbocycles. The first-order chi connectivity index (χ1) is 13.6. The Bertz CT molecular complexity index is 848. The number of esters is 1. The van der Waals surface area contributed by atoms with Crippen LogP contribution in [0.1, 0.15) is 35.3 Å². The van der Waals surface area contributed by atoms with E-state index in [9.17, 15) is 27.9 Å². The van der Waals surface area contributed by atoms with Crippen molar-refractivity contribution < 1.29 is 32.6 Å². The van der Waals surface area contributed by atoms with E-state index < -0.39 is 29.8 Å². The Hall–Kier alpha value is -3.08. The van der Waals surface area contributed by atoms with Crippen LogP contribution in [0.15, 0.2) is 30.5 Å². The molecule has 1 aromatic heterocycles. The van der Waals surface area contributed by atoms with Gasteiger partial charge in [0.15, 0.2) is 0 Å². The topological polar surface area (TPSA) is 105 Å². The van der Waals surface area contributed by atoms with E-state index in [2.05, 4.69) is 15.7 Å². The van der Waals surface area contributed by atoms with Crippen molar-refractivity contribution in [2.45, 2.75) is 39.2 Å². The quantitative estimate of drug-likeness (QED) is 0.605. The zero-order valence-corrected chi connectivity index (χ0v) is 15.8. The van der Waals surface area contributed by atoms with Crippen molar-refractivity contribution in [3.63, 3.8) is 0 Å². The highest BCUT2D eigenvalue weighted by Gasteiger charge is 2.30. The first-order valence-corrected chi connectivity index (χ1v) is 8.73. The lowest BCUT2D eigenvalue weighted by Gasteiger charge is -2.13. The molecule has 8 nitrogen and oxygen atoms in total. The molecule has 0 fully saturated rings. The summed E-state index contributed by atoms with van der Waals surface area (Å²) >= 11 is 0. The summed E-state index contributed by atoms with van der Waals surface area (Å²) in [5.74, 6) is -0.656. The van der Waals surface area contributed by atoms with E-state index in [-0.39, 0.29) is 31.1 Å². The fraction of sp³-hybridized carbons (Fsp3) is 0.389. The number of hydrogen-bond donors (Lipinski definition) is 3. The van der Waals surface area contributed by atoms with Crippen molar-refractivity contribution in [2.75, 3.05) is 11.9 Å². The van der Waals surface area contributed by atoms with E-state index in [0.29, 0.717) is 5.56 Å². The number of aliphatic hydroxyl groups is 1. The molecule has 29 heavy (non-hydrogen) atoms. The first kappa shape index (κ1) is 22.2. The maximum absolute atomic E-state index is 12.6. The lowest BCUT2D eigenvalue weighted by molar-refractivity contribution is -0.137. The standard InChI is InChI=1S/C18H21F3N4O4/c1-3-29-16(27)14-9-23-25(10-11(2)26)15(14)24-17(28)22-8-12-4-6-13(7-5-12)18(19,20)21/h4-7,9,11,26H,3,8,10H2,1-2H3,(H2,22,24,28). The number of aliphatic hydroxyl groups excluding tert-OH is 1. The average Bonchev–Trinajstić information content (AvgIpc) is 3.01. The summed E-state index contributed by atoms with van der Waals surface area (Å²) in [5, 5.41) is 18.5. The molecule has 1 atom stereocenters. The van der Waals surface area contributed by atoms with Crippen LogP contribution >= 0.6 is 0 Å². The summed E-state index contributed by atoms with van der Waals surface area (Å²) in [7, 11) is 0. The molecule has 158 valence electrons. The summed E-state index contributed by atoms with van der Waals surface area (Å²) in [6.45, 7) is 3.25. The third kappa shape index (κ3) is 6.21. The third-order valence-electron chi connectivity index (χ3n) is 3.74. The van der Waals surface area contributed by atoms with Crippen LogP contribution in [0.5, 0.6) is 0 Å². The molecular weight excluding hydrogens is 393 g/mol. The van der Waals surface area contributed by atoms with Crippen molar-refractivity contribution in [1.82, 2.24) is 15.1 Å². The Morgan fingerprint density at radius 3 is 2.48 bits per heavy atom. The molecule has 2 rings (SSSR count). The highest BCUT2D eigenvalue weighted by molar-refractivity contribution is 5.99. The Labute approximate surface area is 164 Å². The summed E-state index contributed by atoms with van der Waals surface area (Å²) in [6, 6.07) is 3.65. The summed E-state index contributed by atoms with van der Waals surface area (Å²) < 4.78 is 43.9. The highest BCUT2D eigenvalue weighted by Crippen LogP contribution is 2.29. The van der Waals surface area contributed by atoms with Gasteiger partial charge in [-0.3, -0.25) is 5.32 Å². The molecule has 0 spiro atoms. The monoisotopic (exact) mass is 414 g/mol. The number of benzene rings is 1. The highest BCUT2D eigenvalue weighted by atomic mass is 19.4. The van der Waals surface area contributed by atoms with Crippen molar-refractivity contribution in [2.24, 2.45) is 0 Å². The Morgan fingerprint density at radius 1 is 1.28 bits per heavy atom. The number of amides is 2. The minimum absolute atomic E-state index is 0.0113. The lowest BCUT2D eigenvalue weighted by Crippen LogP contribution is -2.30. The van der Waals surface area contributed by atoms with Gasteiger partial charge in [-0.05, 0) is 31.5 Å². The third-order valence-corrected chi connectivity index (χ3v) is 3.74. The molecule has 0 radical (unpaired) electrons. The summed E-state index contributed by atoms with van der Waals surface area (Å²) in [6.07, 6.45) is -4.01. The van der Waals surface area contributed by atoms with E-state index in [4.69, 9.17) is 4.74 Å². The Morgan fingerprint density at radius 2 is 1.93 bits per heavy atom. The van der Waals surface area contributed by atoms with E-state index in [0.717, 1.165) is 12.1 Å². The van der Waals surface area contributed by atoms with Crippen molar-refractivity contribution in [3.05, 3.63) is 47.2 Å². The normalized spacial score (nSPS) is 12.3. The van der Waals surface area contributed by atoms with Crippen LogP contribution in [0.4, 0.5) is 23.8 Å². The second-order valence-corrected chi connectivity index (χ2v) is 6.16. The molecule has 0 saturated carbocycles. The molecule has 0 saturated heterocycles. The predicted molar refractivity (Wildman–Crippen MR) is 97.2 cm³/mol. The van der Waals surface area contributed by atoms with Crippen molar-refractivity contribution in [3.8, 4) is 0 Å². The number of carbonyl (C=O) groups is 2. The van der Waals surface area contributed by atoms with Gasteiger partial charge in [-0.2, -0.15) is 18.3 Å². The number of hydrogen-bond acceptors (Lipinski definition) is 5. The van der Waals surface area contributed by atoms with Crippen molar-refractivity contribution in [1.29, 1.82) is 0 Å². The fourth-order valence-corrected chi connectivity index (χ4v) is 2.41. The zero-order chi connectivity index (χ0) is 21.6. The second kappa shape index (κ2) is 9.41. The zero-order valence-electron chi connectivity index (χ0n) is 15.8. The number of rotatable bonds is 7. The van der Waals surface area contributed by atoms with E-state index in [1.54, 1.807) is 6.92 Å². The van der Waals surface area contributed by atoms with Gasteiger partial charge in [-0.25, -0.2) is 14.3 Å². The molecule has 2 aromatic rings. The molecule has 0 aliphatic rings. The van der Waals surface area contributed by atoms with Gasteiger partial charge in [0.25, 0.3) is 0 Å². The number of halogens is 3. The van der Waals surface area contributed by atoms with Gasteiger partial charge in [-0.15, -0.1) is 0 Å². The molecule has 1 unspecified atom stereocenters. The molecule has 3 N–H and O–H groups in total. The van der Waals surface area contributed by atoms with Crippen LogP contribution in [0.3, 0.4) is 0 Å². The molecule has 0 bridgehead atoms. The van der Waals surface area contributed by atoms with Crippen LogP contribution in [0.2, 0.25) is 0 Å². The van der Waals surface area contributed by atoms with E-state index in [1.807, 2.05) is 0 Å². The smallest absolute Gasteiger partial charge is 0.416 e. The van der Waals surface area contributed by atoms with Gasteiger partial charge >= 0.3 is 18.2 Å². The van der Waals surface area contributed by atoms with Crippen LogP contribution in [-0.4, -0.2) is 39.6 Å². The minimum atomic E-state index is -4.44. The summed E-state index contributed by atoms with van der Waals surface area (Å²) in [4.78, 5) is 24.3. The lowest BCUT2D eigenvalue weighted by atomic mass is 10.1. The fourth-order valence-electron chi connectivity index (χ4n) is 2.41. The number of aromatic nitrogens is 2. The van der Waals surface area contributed by atoms with Gasteiger partial charge in [0.1, 0.15) is 11.4 Å². The van der Waals surface area contributed by atoms with Gasteiger partial charge < -0.3 is 15.2 Å². The van der Waals surface area contributed by atoms with Crippen molar-refractivity contribution >= 4 is 17.8 Å². The number of nitrogens with one attached hydrogen (secondary N) is 2.